The van der Waals surface area contributed by atoms with Crippen LogP contribution in [0.25, 0.3) is 0 Å². The minimum atomic E-state index is -1.11. The van der Waals surface area contributed by atoms with Gasteiger partial charge in [-0.2, -0.15) is 5.10 Å². The standard InChI is InChI=1S/C22H27N5O3/c1-22(21(30)23-13-15-8-4-3-5-9-15)14-27-18(20(29)26(22)2)12-17(25-27)19(28)24-16-10-6-7-11-16/h3-5,8-9,12,16H,6-7,10-11,13-14H2,1-2H3,(H,23,30)(H,24,28)/t22-/m0/s1. The predicted molar refractivity (Wildman–Crippen MR) is 111 cm³/mol. The van der Waals surface area contributed by atoms with Crippen molar-refractivity contribution in [3.8, 4) is 0 Å². The Morgan fingerprint density at radius 2 is 1.90 bits per heavy atom. The van der Waals surface area contributed by atoms with Crippen molar-refractivity contribution in [2.45, 2.75) is 57.3 Å². The van der Waals surface area contributed by atoms with Crippen molar-refractivity contribution in [1.82, 2.24) is 25.3 Å². The summed E-state index contributed by atoms with van der Waals surface area (Å²) in [5.74, 6) is -0.860. The van der Waals surface area contributed by atoms with Crippen molar-refractivity contribution in [2.24, 2.45) is 0 Å². The van der Waals surface area contributed by atoms with Gasteiger partial charge in [0.25, 0.3) is 11.8 Å². The summed E-state index contributed by atoms with van der Waals surface area (Å²) in [7, 11) is 1.61. The minimum Gasteiger partial charge on any atom is -0.350 e. The second-order valence-electron chi connectivity index (χ2n) is 8.33. The van der Waals surface area contributed by atoms with Crippen molar-refractivity contribution >= 4 is 17.7 Å². The van der Waals surface area contributed by atoms with Crippen molar-refractivity contribution in [1.29, 1.82) is 0 Å². The van der Waals surface area contributed by atoms with E-state index in [-0.39, 0.29) is 36.0 Å². The SMILES string of the molecule is CN1C(=O)c2cc(C(=O)NC3CCCC3)nn2C[C@@]1(C)C(=O)NCc1ccccc1. The van der Waals surface area contributed by atoms with Crippen LogP contribution in [0.15, 0.2) is 36.4 Å². The van der Waals surface area contributed by atoms with Crippen molar-refractivity contribution in [2.75, 3.05) is 7.05 Å². The molecule has 2 aliphatic rings. The van der Waals surface area contributed by atoms with E-state index in [0.29, 0.717) is 12.2 Å². The summed E-state index contributed by atoms with van der Waals surface area (Å²) < 4.78 is 1.48. The maximum absolute atomic E-state index is 13.0. The molecule has 0 radical (unpaired) electrons. The highest BCUT2D eigenvalue weighted by Gasteiger charge is 2.46. The van der Waals surface area contributed by atoms with Gasteiger partial charge in [0.1, 0.15) is 11.2 Å². The molecular weight excluding hydrogens is 382 g/mol. The average molecular weight is 409 g/mol. The first-order valence-electron chi connectivity index (χ1n) is 10.4. The number of rotatable bonds is 5. The third-order valence-corrected chi connectivity index (χ3v) is 6.21. The van der Waals surface area contributed by atoms with Crippen LogP contribution in [0.3, 0.4) is 0 Å². The molecule has 8 heteroatoms. The maximum Gasteiger partial charge on any atom is 0.272 e. The van der Waals surface area contributed by atoms with E-state index in [1.54, 1.807) is 14.0 Å². The van der Waals surface area contributed by atoms with E-state index in [1.165, 1.54) is 15.6 Å². The van der Waals surface area contributed by atoms with Crippen LogP contribution >= 0.6 is 0 Å². The van der Waals surface area contributed by atoms with Crippen LogP contribution in [0.5, 0.6) is 0 Å². The van der Waals surface area contributed by atoms with Gasteiger partial charge in [-0.3, -0.25) is 19.1 Å². The minimum absolute atomic E-state index is 0.170. The van der Waals surface area contributed by atoms with Gasteiger partial charge >= 0.3 is 0 Å². The van der Waals surface area contributed by atoms with Crippen LogP contribution in [0.2, 0.25) is 0 Å². The summed E-state index contributed by atoms with van der Waals surface area (Å²) in [4.78, 5) is 40.0. The maximum atomic E-state index is 13.0. The number of benzene rings is 1. The highest BCUT2D eigenvalue weighted by atomic mass is 16.2. The molecule has 30 heavy (non-hydrogen) atoms. The van der Waals surface area contributed by atoms with E-state index in [1.807, 2.05) is 30.3 Å². The Labute approximate surface area is 175 Å². The number of likely N-dealkylation sites (N-methyl/N-ethyl adjacent to an activating group) is 1. The van der Waals surface area contributed by atoms with Crippen LogP contribution in [0, 0.1) is 0 Å². The molecule has 0 saturated heterocycles. The van der Waals surface area contributed by atoms with Gasteiger partial charge in [-0.05, 0) is 25.3 Å². The first-order chi connectivity index (χ1) is 14.4. The number of carbonyl (C=O) groups excluding carboxylic acids is 3. The Kier molecular flexibility index (Phi) is 5.32. The number of fused-ring (bicyclic) bond motifs is 1. The summed E-state index contributed by atoms with van der Waals surface area (Å²) in [6.45, 7) is 2.27. The first kappa shape index (κ1) is 20.1. The number of hydrogen-bond acceptors (Lipinski definition) is 4. The lowest BCUT2D eigenvalue weighted by Gasteiger charge is -2.40. The molecule has 2 N–H and O–H groups in total. The van der Waals surface area contributed by atoms with Crippen molar-refractivity contribution < 1.29 is 14.4 Å². The third-order valence-electron chi connectivity index (χ3n) is 6.21. The zero-order valence-corrected chi connectivity index (χ0v) is 17.4. The van der Waals surface area contributed by atoms with Gasteiger partial charge in [0.05, 0.1) is 6.54 Å². The average Bonchev–Trinajstić information content (AvgIpc) is 3.41. The molecule has 2 aromatic rings. The Balaban J connectivity index is 1.50. The second-order valence-corrected chi connectivity index (χ2v) is 8.33. The fraction of sp³-hybridized carbons (Fsp3) is 0.455. The number of carbonyl (C=O) groups is 3. The molecule has 1 aromatic carbocycles. The summed E-state index contributed by atoms with van der Waals surface area (Å²) in [6.07, 6.45) is 4.18. The van der Waals surface area contributed by atoms with Crippen LogP contribution in [-0.2, 0) is 17.9 Å². The number of amides is 3. The molecule has 0 unspecified atom stereocenters. The van der Waals surface area contributed by atoms with E-state index in [9.17, 15) is 14.4 Å². The molecule has 158 valence electrons. The lowest BCUT2D eigenvalue weighted by atomic mass is 9.96. The second kappa shape index (κ2) is 7.93. The van der Waals surface area contributed by atoms with E-state index < -0.39 is 5.54 Å². The summed E-state index contributed by atoms with van der Waals surface area (Å²) in [5.41, 5.74) is 0.407. The summed E-state index contributed by atoms with van der Waals surface area (Å²) >= 11 is 0. The van der Waals surface area contributed by atoms with Crippen molar-refractivity contribution in [3.63, 3.8) is 0 Å². The molecule has 0 spiro atoms. The summed E-state index contributed by atoms with van der Waals surface area (Å²) in [5, 5.41) is 10.3. The molecule has 1 aliphatic carbocycles. The van der Waals surface area contributed by atoms with Crippen LogP contribution in [0.1, 0.15) is 59.1 Å². The molecule has 0 bridgehead atoms. The van der Waals surface area contributed by atoms with Gasteiger partial charge in [0, 0.05) is 25.7 Å². The highest BCUT2D eigenvalue weighted by Crippen LogP contribution is 2.26. The number of hydrogen-bond donors (Lipinski definition) is 2. The Bertz CT molecular complexity index is 964. The van der Waals surface area contributed by atoms with E-state index >= 15 is 0 Å². The van der Waals surface area contributed by atoms with E-state index in [0.717, 1.165) is 31.2 Å². The smallest absolute Gasteiger partial charge is 0.272 e. The van der Waals surface area contributed by atoms with Gasteiger partial charge < -0.3 is 15.5 Å². The zero-order chi connectivity index (χ0) is 21.3. The fourth-order valence-corrected chi connectivity index (χ4v) is 4.14. The molecule has 3 amide bonds. The molecule has 4 rings (SSSR count). The number of nitrogens with one attached hydrogen (secondary N) is 2. The molecule has 1 saturated carbocycles. The Morgan fingerprint density at radius 3 is 2.60 bits per heavy atom. The monoisotopic (exact) mass is 409 g/mol. The quantitative estimate of drug-likeness (QED) is 0.786. The largest absolute Gasteiger partial charge is 0.350 e. The molecule has 8 nitrogen and oxygen atoms in total. The Morgan fingerprint density at radius 1 is 1.20 bits per heavy atom. The topological polar surface area (TPSA) is 96.3 Å². The van der Waals surface area contributed by atoms with Gasteiger partial charge in [0.15, 0.2) is 5.69 Å². The highest BCUT2D eigenvalue weighted by molar-refractivity contribution is 6.01. The lowest BCUT2D eigenvalue weighted by molar-refractivity contribution is -0.132. The molecule has 2 heterocycles. The van der Waals surface area contributed by atoms with E-state index in [4.69, 9.17) is 0 Å². The third kappa shape index (κ3) is 3.69. The Hall–Kier alpha value is -3.16. The molecular formula is C22H27N5O3. The number of nitrogens with zero attached hydrogens (tertiary/aromatic N) is 3. The summed E-state index contributed by atoms with van der Waals surface area (Å²) in [6, 6.07) is 11.3. The lowest BCUT2D eigenvalue weighted by Crippen LogP contribution is -2.62. The predicted octanol–water partition coefficient (Wildman–Crippen LogP) is 1.72. The molecule has 1 aromatic heterocycles. The zero-order valence-electron chi connectivity index (χ0n) is 17.4. The number of aromatic nitrogens is 2. The van der Waals surface area contributed by atoms with Crippen LogP contribution < -0.4 is 10.6 Å². The fourth-order valence-electron chi connectivity index (χ4n) is 4.14. The molecule has 1 atom stereocenters. The van der Waals surface area contributed by atoms with Gasteiger partial charge in [0.2, 0.25) is 5.91 Å². The van der Waals surface area contributed by atoms with Gasteiger partial charge in [-0.15, -0.1) is 0 Å². The van der Waals surface area contributed by atoms with Gasteiger partial charge in [-0.1, -0.05) is 43.2 Å². The molecule has 1 aliphatic heterocycles. The molecule has 1 fully saturated rings. The van der Waals surface area contributed by atoms with Crippen molar-refractivity contribution in [3.05, 3.63) is 53.3 Å². The van der Waals surface area contributed by atoms with Crippen LogP contribution in [-0.4, -0.2) is 51.0 Å². The van der Waals surface area contributed by atoms with E-state index in [2.05, 4.69) is 15.7 Å². The first-order valence-corrected chi connectivity index (χ1v) is 10.4. The van der Waals surface area contributed by atoms with Crippen LogP contribution in [0.4, 0.5) is 0 Å². The normalized spacial score (nSPS) is 21.4. The van der Waals surface area contributed by atoms with Gasteiger partial charge in [-0.25, -0.2) is 0 Å².